The van der Waals surface area contributed by atoms with Crippen LogP contribution in [0.25, 0.3) is 0 Å². The second-order valence-corrected chi connectivity index (χ2v) is 5.10. The summed E-state index contributed by atoms with van der Waals surface area (Å²) in [5, 5.41) is 12.9. The van der Waals surface area contributed by atoms with Gasteiger partial charge >= 0.3 is 0 Å². The Morgan fingerprint density at radius 3 is 2.83 bits per heavy atom. The van der Waals surface area contributed by atoms with E-state index >= 15 is 0 Å². The zero-order valence-corrected chi connectivity index (χ0v) is 12.0. The van der Waals surface area contributed by atoms with Gasteiger partial charge in [0.2, 0.25) is 0 Å². The lowest BCUT2D eigenvalue weighted by atomic mass is 9.79. The van der Waals surface area contributed by atoms with E-state index in [0.29, 0.717) is 6.04 Å². The third-order valence-corrected chi connectivity index (χ3v) is 3.96. The second-order valence-electron chi connectivity index (χ2n) is 5.10. The van der Waals surface area contributed by atoms with E-state index < -0.39 is 0 Å². The molecule has 104 valence electrons. The first kappa shape index (κ1) is 15.4. The smallest absolute Gasteiger partial charge is 0.108 e. The highest BCUT2D eigenvalue weighted by Gasteiger charge is 2.37. The van der Waals surface area contributed by atoms with Crippen LogP contribution in [0.1, 0.15) is 39.5 Å². The third-order valence-electron chi connectivity index (χ3n) is 3.96. The van der Waals surface area contributed by atoms with Crippen molar-refractivity contribution in [2.45, 2.75) is 51.1 Å². The highest BCUT2D eigenvalue weighted by Crippen LogP contribution is 2.30. The number of methoxy groups -OCH3 is 1. The van der Waals surface area contributed by atoms with Crippen LogP contribution in [-0.4, -0.2) is 49.8 Å². The van der Waals surface area contributed by atoms with Crippen molar-refractivity contribution in [3.05, 3.63) is 0 Å². The van der Waals surface area contributed by atoms with Gasteiger partial charge in [0, 0.05) is 19.7 Å². The van der Waals surface area contributed by atoms with Crippen LogP contribution >= 0.6 is 0 Å². The van der Waals surface area contributed by atoms with Crippen LogP contribution in [0.2, 0.25) is 0 Å². The van der Waals surface area contributed by atoms with E-state index in [0.717, 1.165) is 45.5 Å². The number of nitrogens with one attached hydrogen (secondary N) is 1. The van der Waals surface area contributed by atoms with Crippen molar-refractivity contribution in [2.75, 3.05) is 33.4 Å². The summed E-state index contributed by atoms with van der Waals surface area (Å²) in [6, 6.07) is 3.03. The molecule has 1 saturated carbocycles. The van der Waals surface area contributed by atoms with Gasteiger partial charge < -0.3 is 4.74 Å². The monoisotopic (exact) mass is 253 g/mol. The average Bonchev–Trinajstić information content (AvgIpc) is 2.40. The molecule has 1 aliphatic carbocycles. The molecule has 1 aliphatic rings. The maximum absolute atomic E-state index is 9.47. The first-order valence-electron chi connectivity index (χ1n) is 7.10. The number of nitriles is 1. The molecule has 18 heavy (non-hydrogen) atoms. The molecule has 4 heteroatoms. The molecule has 0 aromatic rings. The van der Waals surface area contributed by atoms with Crippen molar-refractivity contribution in [1.29, 1.82) is 5.26 Å². The summed E-state index contributed by atoms with van der Waals surface area (Å²) in [7, 11) is 1.74. The van der Waals surface area contributed by atoms with Gasteiger partial charge in [-0.25, -0.2) is 0 Å². The maximum Gasteiger partial charge on any atom is 0.108 e. The Kier molecular flexibility index (Phi) is 6.62. The van der Waals surface area contributed by atoms with Gasteiger partial charge in [0.1, 0.15) is 5.54 Å². The quantitative estimate of drug-likeness (QED) is 0.751. The minimum Gasteiger partial charge on any atom is -0.383 e. The normalized spacial score (nSPS) is 28.3. The fourth-order valence-electron chi connectivity index (χ4n) is 3.00. The summed E-state index contributed by atoms with van der Waals surface area (Å²) in [6.07, 6.45) is 4.26. The highest BCUT2D eigenvalue weighted by molar-refractivity contribution is 5.11. The Morgan fingerprint density at radius 2 is 2.28 bits per heavy atom. The van der Waals surface area contributed by atoms with E-state index in [1.165, 1.54) is 6.42 Å². The lowest BCUT2D eigenvalue weighted by molar-refractivity contribution is 0.0884. The van der Waals surface area contributed by atoms with Gasteiger partial charge in [-0.1, -0.05) is 13.8 Å². The van der Waals surface area contributed by atoms with Gasteiger partial charge in [-0.15, -0.1) is 0 Å². The van der Waals surface area contributed by atoms with Crippen molar-refractivity contribution < 1.29 is 4.74 Å². The zero-order chi connectivity index (χ0) is 13.4. The number of nitrogens with zero attached hydrogens (tertiary/aromatic N) is 2. The Hall–Kier alpha value is -0.630. The molecular weight excluding hydrogens is 226 g/mol. The maximum atomic E-state index is 9.47. The molecule has 0 aromatic heterocycles. The molecule has 1 rings (SSSR count). The fraction of sp³-hybridized carbons (Fsp3) is 0.929. The summed E-state index contributed by atoms with van der Waals surface area (Å²) in [4.78, 5) is 2.45. The van der Waals surface area contributed by atoms with Crippen LogP contribution in [0.15, 0.2) is 0 Å². The summed E-state index contributed by atoms with van der Waals surface area (Å²) >= 11 is 0. The number of hydrogen-bond donors (Lipinski definition) is 1. The molecule has 2 atom stereocenters. The number of ether oxygens (including phenoxy) is 1. The molecule has 0 aliphatic heterocycles. The summed E-state index contributed by atoms with van der Waals surface area (Å²) in [5.41, 5.74) is -0.307. The second kappa shape index (κ2) is 7.73. The van der Waals surface area contributed by atoms with Gasteiger partial charge in [0.25, 0.3) is 0 Å². The Bertz CT molecular complexity index is 273. The summed E-state index contributed by atoms with van der Waals surface area (Å²) in [5.74, 6) is 0. The first-order chi connectivity index (χ1) is 8.71. The third kappa shape index (κ3) is 3.94. The van der Waals surface area contributed by atoms with E-state index in [1.54, 1.807) is 7.11 Å². The van der Waals surface area contributed by atoms with Crippen molar-refractivity contribution in [3.63, 3.8) is 0 Å². The molecule has 0 heterocycles. The van der Waals surface area contributed by atoms with E-state index in [1.807, 2.05) is 0 Å². The van der Waals surface area contributed by atoms with Crippen LogP contribution in [0.4, 0.5) is 0 Å². The fourth-order valence-corrected chi connectivity index (χ4v) is 3.00. The Morgan fingerprint density at radius 1 is 1.50 bits per heavy atom. The van der Waals surface area contributed by atoms with Gasteiger partial charge in [-0.05, 0) is 38.8 Å². The van der Waals surface area contributed by atoms with Crippen molar-refractivity contribution >= 4 is 0 Å². The van der Waals surface area contributed by atoms with Crippen molar-refractivity contribution in [3.8, 4) is 6.07 Å². The molecule has 2 unspecified atom stereocenters. The SMILES string of the molecule is CCNC1(C#N)CCCC(N(CC)CCOC)C1. The molecule has 0 amide bonds. The summed E-state index contributed by atoms with van der Waals surface area (Å²) in [6.45, 7) is 7.89. The predicted molar refractivity (Wildman–Crippen MR) is 73.4 cm³/mol. The lowest BCUT2D eigenvalue weighted by Crippen LogP contribution is -2.53. The number of hydrogen-bond acceptors (Lipinski definition) is 4. The molecule has 0 bridgehead atoms. The van der Waals surface area contributed by atoms with Gasteiger partial charge in [-0.3, -0.25) is 10.2 Å². The topological polar surface area (TPSA) is 48.3 Å². The van der Waals surface area contributed by atoms with E-state index in [-0.39, 0.29) is 5.54 Å². The minimum absolute atomic E-state index is 0.307. The first-order valence-corrected chi connectivity index (χ1v) is 7.10. The average molecular weight is 253 g/mol. The molecule has 4 nitrogen and oxygen atoms in total. The van der Waals surface area contributed by atoms with Gasteiger partial charge in [-0.2, -0.15) is 5.26 Å². The molecule has 0 radical (unpaired) electrons. The Balaban J connectivity index is 2.63. The van der Waals surface area contributed by atoms with Crippen LogP contribution < -0.4 is 5.32 Å². The lowest BCUT2D eigenvalue weighted by Gasteiger charge is -2.41. The van der Waals surface area contributed by atoms with Gasteiger partial charge in [0.05, 0.1) is 12.7 Å². The standard InChI is InChI=1S/C14H27N3O/c1-4-16-14(12-15)8-6-7-13(11-14)17(5-2)9-10-18-3/h13,16H,4-11H2,1-3H3. The van der Waals surface area contributed by atoms with Gasteiger partial charge in [0.15, 0.2) is 0 Å². The largest absolute Gasteiger partial charge is 0.383 e. The van der Waals surface area contributed by atoms with Crippen LogP contribution in [0, 0.1) is 11.3 Å². The number of likely N-dealkylation sites (N-methyl/N-ethyl adjacent to an activating group) is 1. The molecule has 1 N–H and O–H groups in total. The zero-order valence-electron chi connectivity index (χ0n) is 12.0. The van der Waals surface area contributed by atoms with Crippen LogP contribution in [-0.2, 0) is 4.74 Å². The predicted octanol–water partition coefficient (Wildman–Crippen LogP) is 1.77. The van der Waals surface area contributed by atoms with E-state index in [4.69, 9.17) is 4.74 Å². The molecule has 0 spiro atoms. The number of rotatable bonds is 7. The molecule has 1 fully saturated rings. The van der Waals surface area contributed by atoms with Crippen LogP contribution in [0.5, 0.6) is 0 Å². The van der Waals surface area contributed by atoms with Crippen LogP contribution in [0.3, 0.4) is 0 Å². The van der Waals surface area contributed by atoms with E-state index in [2.05, 4.69) is 30.1 Å². The molecule has 0 saturated heterocycles. The molecule has 0 aromatic carbocycles. The summed E-state index contributed by atoms with van der Waals surface area (Å²) < 4.78 is 5.17. The minimum atomic E-state index is -0.307. The Labute approximate surface area is 111 Å². The highest BCUT2D eigenvalue weighted by atomic mass is 16.5. The van der Waals surface area contributed by atoms with E-state index in [9.17, 15) is 5.26 Å². The van der Waals surface area contributed by atoms with Crippen molar-refractivity contribution in [2.24, 2.45) is 0 Å². The molecular formula is C14H27N3O. The van der Waals surface area contributed by atoms with Crippen molar-refractivity contribution in [1.82, 2.24) is 10.2 Å².